The van der Waals surface area contributed by atoms with Crippen molar-refractivity contribution in [2.24, 2.45) is 0 Å². The Hall–Kier alpha value is -0.800. The number of hydrogen-bond donors (Lipinski definition) is 1. The smallest absolute Gasteiger partial charge is 0.131 e. The van der Waals surface area contributed by atoms with Crippen molar-refractivity contribution in [1.29, 1.82) is 0 Å². The van der Waals surface area contributed by atoms with E-state index in [1.807, 2.05) is 12.1 Å². The number of halogens is 1. The van der Waals surface area contributed by atoms with Gasteiger partial charge in [0.1, 0.15) is 5.15 Å². The zero-order valence-corrected chi connectivity index (χ0v) is 11.8. The average molecular weight is 256 g/mol. The van der Waals surface area contributed by atoms with Gasteiger partial charge in [0.15, 0.2) is 0 Å². The Balaban J connectivity index is 2.41. The van der Waals surface area contributed by atoms with Crippen molar-refractivity contribution in [3.8, 4) is 0 Å². The summed E-state index contributed by atoms with van der Waals surface area (Å²) in [6.45, 7) is 10.8. The van der Waals surface area contributed by atoms with Gasteiger partial charge in [0, 0.05) is 37.1 Å². The van der Waals surface area contributed by atoms with E-state index in [2.05, 4.69) is 42.9 Å². The molecule has 17 heavy (non-hydrogen) atoms. The summed E-state index contributed by atoms with van der Waals surface area (Å²) >= 11 is 5.83. The minimum atomic E-state index is 0.527. The van der Waals surface area contributed by atoms with Gasteiger partial charge in [-0.2, -0.15) is 0 Å². The molecule has 0 bridgehead atoms. The molecule has 0 aliphatic carbocycles. The molecule has 1 aromatic heterocycles. The molecule has 1 N–H and O–H groups in total. The van der Waals surface area contributed by atoms with E-state index in [1.54, 1.807) is 6.20 Å². The van der Waals surface area contributed by atoms with Crippen molar-refractivity contribution in [1.82, 2.24) is 9.88 Å². The highest BCUT2D eigenvalue weighted by Gasteiger charge is 2.12. The molecule has 0 saturated carbocycles. The Morgan fingerprint density at radius 1 is 1.29 bits per heavy atom. The molecule has 0 aliphatic rings. The second-order valence-electron chi connectivity index (χ2n) is 4.72. The SMILES string of the molecule is CC(C)N(CCNc1ccnc(Cl)c1)C(C)C. The Morgan fingerprint density at radius 3 is 2.47 bits per heavy atom. The van der Waals surface area contributed by atoms with Crippen LogP contribution in [0.25, 0.3) is 0 Å². The Morgan fingerprint density at radius 2 is 1.94 bits per heavy atom. The maximum absolute atomic E-state index is 5.83. The predicted octanol–water partition coefficient (Wildman–Crippen LogP) is 3.27. The van der Waals surface area contributed by atoms with E-state index in [0.29, 0.717) is 17.2 Å². The van der Waals surface area contributed by atoms with Crippen molar-refractivity contribution in [3.05, 3.63) is 23.5 Å². The molecule has 1 heterocycles. The van der Waals surface area contributed by atoms with Crippen LogP contribution in [0.1, 0.15) is 27.7 Å². The maximum Gasteiger partial charge on any atom is 0.131 e. The van der Waals surface area contributed by atoms with Gasteiger partial charge in [-0.3, -0.25) is 4.90 Å². The predicted molar refractivity (Wildman–Crippen MR) is 74.7 cm³/mol. The van der Waals surface area contributed by atoms with Crippen LogP contribution >= 0.6 is 11.6 Å². The van der Waals surface area contributed by atoms with E-state index in [1.165, 1.54) is 0 Å². The van der Waals surface area contributed by atoms with Crippen LogP contribution in [-0.2, 0) is 0 Å². The van der Waals surface area contributed by atoms with Gasteiger partial charge in [-0.25, -0.2) is 4.98 Å². The first-order valence-corrected chi connectivity index (χ1v) is 6.49. The maximum atomic E-state index is 5.83. The van der Waals surface area contributed by atoms with Crippen molar-refractivity contribution < 1.29 is 0 Å². The van der Waals surface area contributed by atoms with E-state index in [-0.39, 0.29) is 0 Å². The highest BCUT2D eigenvalue weighted by atomic mass is 35.5. The summed E-state index contributed by atoms with van der Waals surface area (Å²) in [5, 5.41) is 3.89. The molecule has 0 spiro atoms. The average Bonchev–Trinajstić information content (AvgIpc) is 2.23. The lowest BCUT2D eigenvalue weighted by atomic mass is 10.2. The van der Waals surface area contributed by atoms with Crippen LogP contribution in [-0.4, -0.2) is 35.1 Å². The molecule has 1 aromatic rings. The molecule has 0 fully saturated rings. The topological polar surface area (TPSA) is 28.2 Å². The summed E-state index contributed by atoms with van der Waals surface area (Å²) in [6, 6.07) is 4.91. The Kier molecular flexibility index (Phi) is 5.72. The minimum Gasteiger partial charge on any atom is -0.384 e. The van der Waals surface area contributed by atoms with E-state index >= 15 is 0 Å². The van der Waals surface area contributed by atoms with Crippen LogP contribution in [0.15, 0.2) is 18.3 Å². The summed E-state index contributed by atoms with van der Waals surface area (Å²) in [5.41, 5.74) is 1.03. The Bertz CT molecular complexity index is 331. The lowest BCUT2D eigenvalue weighted by Gasteiger charge is -2.30. The van der Waals surface area contributed by atoms with Crippen LogP contribution in [0.4, 0.5) is 5.69 Å². The second-order valence-corrected chi connectivity index (χ2v) is 5.11. The highest BCUT2D eigenvalue weighted by Crippen LogP contribution is 2.12. The molecule has 0 radical (unpaired) electrons. The van der Waals surface area contributed by atoms with Gasteiger partial charge in [0.05, 0.1) is 0 Å². The van der Waals surface area contributed by atoms with Gasteiger partial charge < -0.3 is 5.32 Å². The third kappa shape index (κ3) is 4.92. The van der Waals surface area contributed by atoms with Crippen molar-refractivity contribution in [2.75, 3.05) is 18.4 Å². The van der Waals surface area contributed by atoms with Crippen LogP contribution in [0.5, 0.6) is 0 Å². The van der Waals surface area contributed by atoms with Gasteiger partial charge in [-0.15, -0.1) is 0 Å². The molecular formula is C13H22ClN3. The third-order valence-electron chi connectivity index (χ3n) is 2.75. The fourth-order valence-electron chi connectivity index (χ4n) is 1.95. The number of nitrogens with one attached hydrogen (secondary N) is 1. The van der Waals surface area contributed by atoms with Crippen LogP contribution < -0.4 is 5.32 Å². The normalized spacial score (nSPS) is 11.5. The first kappa shape index (κ1) is 14.3. The highest BCUT2D eigenvalue weighted by molar-refractivity contribution is 6.29. The second kappa shape index (κ2) is 6.82. The molecule has 0 aromatic carbocycles. The van der Waals surface area contributed by atoms with Gasteiger partial charge in [-0.1, -0.05) is 11.6 Å². The molecule has 0 atom stereocenters. The summed E-state index contributed by atoms with van der Waals surface area (Å²) in [7, 11) is 0. The molecule has 3 nitrogen and oxygen atoms in total. The van der Waals surface area contributed by atoms with Crippen molar-refractivity contribution >= 4 is 17.3 Å². The van der Waals surface area contributed by atoms with Gasteiger partial charge in [0.2, 0.25) is 0 Å². The first-order valence-electron chi connectivity index (χ1n) is 6.12. The van der Waals surface area contributed by atoms with Crippen LogP contribution in [0, 0.1) is 0 Å². The molecular weight excluding hydrogens is 234 g/mol. The standard InChI is InChI=1S/C13H22ClN3/c1-10(2)17(11(3)4)8-7-15-12-5-6-16-13(14)9-12/h5-6,9-11H,7-8H2,1-4H3,(H,15,16). The van der Waals surface area contributed by atoms with Gasteiger partial charge in [0.25, 0.3) is 0 Å². The quantitative estimate of drug-likeness (QED) is 0.791. The molecule has 0 aliphatic heterocycles. The molecule has 1 rings (SSSR count). The Labute approximate surface area is 109 Å². The zero-order valence-electron chi connectivity index (χ0n) is 11.1. The monoisotopic (exact) mass is 255 g/mol. The minimum absolute atomic E-state index is 0.527. The summed E-state index contributed by atoms with van der Waals surface area (Å²) in [4.78, 5) is 6.41. The zero-order chi connectivity index (χ0) is 12.8. The van der Waals surface area contributed by atoms with Crippen molar-refractivity contribution in [3.63, 3.8) is 0 Å². The van der Waals surface area contributed by atoms with Gasteiger partial charge in [-0.05, 0) is 39.8 Å². The molecule has 0 unspecified atom stereocenters. The van der Waals surface area contributed by atoms with Crippen molar-refractivity contribution in [2.45, 2.75) is 39.8 Å². The fraction of sp³-hybridized carbons (Fsp3) is 0.615. The number of aromatic nitrogens is 1. The van der Waals surface area contributed by atoms with Crippen LogP contribution in [0.3, 0.4) is 0 Å². The number of rotatable bonds is 6. The van der Waals surface area contributed by atoms with E-state index in [0.717, 1.165) is 18.8 Å². The molecule has 0 amide bonds. The molecule has 96 valence electrons. The largest absolute Gasteiger partial charge is 0.384 e. The summed E-state index contributed by atoms with van der Waals surface area (Å²) in [6.07, 6.45) is 1.72. The van der Waals surface area contributed by atoms with Crippen LogP contribution in [0.2, 0.25) is 5.15 Å². The first-order chi connectivity index (χ1) is 8.00. The van der Waals surface area contributed by atoms with Gasteiger partial charge >= 0.3 is 0 Å². The third-order valence-corrected chi connectivity index (χ3v) is 2.96. The summed E-state index contributed by atoms with van der Waals surface area (Å²) < 4.78 is 0. The van der Waals surface area contributed by atoms with E-state index in [9.17, 15) is 0 Å². The lowest BCUT2D eigenvalue weighted by molar-refractivity contribution is 0.182. The fourth-order valence-corrected chi connectivity index (χ4v) is 2.13. The van der Waals surface area contributed by atoms with E-state index in [4.69, 9.17) is 11.6 Å². The summed E-state index contributed by atoms with van der Waals surface area (Å²) in [5.74, 6) is 0. The van der Waals surface area contributed by atoms with E-state index < -0.39 is 0 Å². The number of pyridine rings is 1. The molecule has 0 saturated heterocycles. The number of nitrogens with zero attached hydrogens (tertiary/aromatic N) is 2. The molecule has 4 heteroatoms. The lowest BCUT2D eigenvalue weighted by Crippen LogP contribution is -2.40. The number of anilines is 1. The number of hydrogen-bond acceptors (Lipinski definition) is 3.